The van der Waals surface area contributed by atoms with Crippen LogP contribution < -0.4 is 5.32 Å². The summed E-state index contributed by atoms with van der Waals surface area (Å²) in [5.41, 5.74) is 0. The number of aliphatic hydroxyl groups excluding tert-OH is 1. The van der Waals surface area contributed by atoms with Crippen molar-refractivity contribution in [3.05, 3.63) is 0 Å². The summed E-state index contributed by atoms with van der Waals surface area (Å²) < 4.78 is 0. The fraction of sp³-hybridized carbons (Fsp3) is 0.750. The molecule has 0 spiro atoms. The van der Waals surface area contributed by atoms with Crippen molar-refractivity contribution in [2.75, 3.05) is 0 Å². The van der Waals surface area contributed by atoms with Gasteiger partial charge in [-0.2, -0.15) is 0 Å². The Hall–Kier alpha value is -1.10. The van der Waals surface area contributed by atoms with Gasteiger partial charge in [0.1, 0.15) is 0 Å². The van der Waals surface area contributed by atoms with Crippen molar-refractivity contribution < 1.29 is 19.8 Å². The lowest BCUT2D eigenvalue weighted by Crippen LogP contribution is -2.48. The number of rotatable bonds is 4. The van der Waals surface area contributed by atoms with Crippen molar-refractivity contribution in [1.82, 2.24) is 5.32 Å². The zero-order valence-corrected chi connectivity index (χ0v) is 7.94. The standard InChI is InChI=1S/C8H15NO4/c1-4(2)7(11)9-6(5(3)10)8(12)13/h4-6,10H,1-3H3,(H,9,11)(H,12,13)/t5-,6+/m1/s1. The largest absolute Gasteiger partial charge is 0.480 e. The number of hydrogen-bond acceptors (Lipinski definition) is 3. The summed E-state index contributed by atoms with van der Waals surface area (Å²) >= 11 is 0. The molecule has 0 aliphatic carbocycles. The minimum atomic E-state index is -1.23. The summed E-state index contributed by atoms with van der Waals surface area (Å²) in [5.74, 6) is -1.90. The van der Waals surface area contributed by atoms with Crippen LogP contribution in [0, 0.1) is 5.92 Å². The number of carbonyl (C=O) groups excluding carboxylic acids is 1. The van der Waals surface area contributed by atoms with Gasteiger partial charge in [-0.25, -0.2) is 4.79 Å². The van der Waals surface area contributed by atoms with Gasteiger partial charge >= 0.3 is 5.97 Å². The van der Waals surface area contributed by atoms with Crippen LogP contribution in [-0.2, 0) is 9.59 Å². The average Bonchev–Trinajstić information content (AvgIpc) is 1.97. The smallest absolute Gasteiger partial charge is 0.328 e. The molecule has 0 bridgehead atoms. The maximum Gasteiger partial charge on any atom is 0.328 e. The van der Waals surface area contributed by atoms with Crippen LogP contribution in [0.25, 0.3) is 0 Å². The Morgan fingerprint density at radius 2 is 1.69 bits per heavy atom. The molecule has 3 N–H and O–H groups in total. The Morgan fingerprint density at radius 1 is 1.23 bits per heavy atom. The van der Waals surface area contributed by atoms with Gasteiger partial charge in [-0.05, 0) is 6.92 Å². The van der Waals surface area contributed by atoms with Gasteiger partial charge in [0.15, 0.2) is 6.04 Å². The van der Waals surface area contributed by atoms with Gasteiger partial charge in [0.25, 0.3) is 0 Å². The average molecular weight is 189 g/mol. The lowest BCUT2D eigenvalue weighted by atomic mass is 10.1. The molecular weight excluding hydrogens is 174 g/mol. The molecule has 0 rings (SSSR count). The highest BCUT2D eigenvalue weighted by atomic mass is 16.4. The first-order chi connectivity index (χ1) is 5.86. The molecule has 0 aromatic rings. The molecule has 0 aromatic carbocycles. The molecule has 13 heavy (non-hydrogen) atoms. The van der Waals surface area contributed by atoms with Gasteiger partial charge in [0.2, 0.25) is 5.91 Å². The number of aliphatic hydroxyl groups is 1. The van der Waals surface area contributed by atoms with Crippen molar-refractivity contribution in [2.45, 2.75) is 32.9 Å². The van der Waals surface area contributed by atoms with E-state index in [1.54, 1.807) is 13.8 Å². The van der Waals surface area contributed by atoms with Crippen LogP contribution in [0.1, 0.15) is 20.8 Å². The summed E-state index contributed by atoms with van der Waals surface area (Å²) in [6.07, 6.45) is -1.10. The SMILES string of the molecule is CC(C)C(=O)N[C@H](C(=O)O)[C@@H](C)O. The van der Waals surface area contributed by atoms with Gasteiger partial charge < -0.3 is 15.5 Å². The van der Waals surface area contributed by atoms with Crippen molar-refractivity contribution in [2.24, 2.45) is 5.92 Å². The molecule has 0 unspecified atom stereocenters. The molecule has 1 amide bonds. The third-order valence-corrected chi connectivity index (χ3v) is 1.57. The summed E-state index contributed by atoms with van der Waals surface area (Å²) in [4.78, 5) is 21.6. The number of carboxylic acid groups (broad SMARTS) is 1. The van der Waals surface area contributed by atoms with Crippen LogP contribution >= 0.6 is 0 Å². The minimum absolute atomic E-state index is 0.291. The fourth-order valence-corrected chi connectivity index (χ4v) is 0.709. The molecule has 0 fully saturated rings. The summed E-state index contributed by atoms with van der Waals surface area (Å²) in [5, 5.41) is 19.8. The monoisotopic (exact) mass is 189 g/mol. The predicted molar refractivity (Wildman–Crippen MR) is 46.1 cm³/mol. The summed E-state index contributed by atoms with van der Waals surface area (Å²) in [6, 6.07) is -1.23. The number of nitrogens with one attached hydrogen (secondary N) is 1. The Kier molecular flexibility index (Phi) is 4.40. The maximum atomic E-state index is 11.1. The van der Waals surface area contributed by atoms with E-state index in [-0.39, 0.29) is 11.8 Å². The van der Waals surface area contributed by atoms with Crippen LogP contribution in [0.5, 0.6) is 0 Å². The highest BCUT2D eigenvalue weighted by Crippen LogP contribution is 1.97. The molecule has 0 saturated carbocycles. The van der Waals surface area contributed by atoms with Crippen LogP contribution in [-0.4, -0.2) is 34.2 Å². The molecule has 0 saturated heterocycles. The molecule has 0 aliphatic rings. The normalized spacial score (nSPS) is 15.2. The number of hydrogen-bond donors (Lipinski definition) is 3. The van der Waals surface area contributed by atoms with E-state index in [0.29, 0.717) is 0 Å². The van der Waals surface area contributed by atoms with E-state index in [1.807, 2.05) is 0 Å². The van der Waals surface area contributed by atoms with Gasteiger partial charge in [0.05, 0.1) is 6.10 Å². The van der Waals surface area contributed by atoms with Crippen molar-refractivity contribution in [3.63, 3.8) is 0 Å². The number of aliphatic carboxylic acids is 1. The Labute approximate surface area is 76.8 Å². The third kappa shape index (κ3) is 3.89. The molecule has 0 aliphatic heterocycles. The second-order valence-corrected chi connectivity index (χ2v) is 3.22. The number of amides is 1. The molecule has 0 heterocycles. The van der Waals surface area contributed by atoms with E-state index >= 15 is 0 Å². The molecule has 0 radical (unpaired) electrons. The highest BCUT2D eigenvalue weighted by Gasteiger charge is 2.25. The lowest BCUT2D eigenvalue weighted by Gasteiger charge is -2.18. The molecule has 0 aromatic heterocycles. The second-order valence-electron chi connectivity index (χ2n) is 3.22. The second kappa shape index (κ2) is 4.81. The number of carbonyl (C=O) groups is 2. The first-order valence-corrected chi connectivity index (χ1v) is 4.07. The molecule has 76 valence electrons. The maximum absolute atomic E-state index is 11.1. The zero-order valence-electron chi connectivity index (χ0n) is 7.94. The van der Waals surface area contributed by atoms with Crippen molar-refractivity contribution >= 4 is 11.9 Å². The van der Waals surface area contributed by atoms with Crippen LogP contribution in [0.2, 0.25) is 0 Å². The van der Waals surface area contributed by atoms with E-state index in [1.165, 1.54) is 6.92 Å². The van der Waals surface area contributed by atoms with E-state index < -0.39 is 18.1 Å². The van der Waals surface area contributed by atoms with Gasteiger partial charge in [0, 0.05) is 5.92 Å². The quantitative estimate of drug-likeness (QED) is 0.561. The fourth-order valence-electron chi connectivity index (χ4n) is 0.709. The van der Waals surface area contributed by atoms with E-state index in [4.69, 9.17) is 10.2 Å². The van der Waals surface area contributed by atoms with E-state index in [2.05, 4.69) is 5.32 Å². The molecule has 2 atom stereocenters. The predicted octanol–water partition coefficient (Wildman–Crippen LogP) is -0.407. The van der Waals surface area contributed by atoms with E-state index in [0.717, 1.165) is 0 Å². The topological polar surface area (TPSA) is 86.6 Å². The van der Waals surface area contributed by atoms with Gasteiger partial charge in [-0.15, -0.1) is 0 Å². The van der Waals surface area contributed by atoms with Gasteiger partial charge in [-0.1, -0.05) is 13.8 Å². The van der Waals surface area contributed by atoms with Crippen LogP contribution in [0.3, 0.4) is 0 Å². The van der Waals surface area contributed by atoms with E-state index in [9.17, 15) is 9.59 Å². The number of carboxylic acids is 1. The summed E-state index contributed by atoms with van der Waals surface area (Å²) in [6.45, 7) is 4.62. The summed E-state index contributed by atoms with van der Waals surface area (Å²) in [7, 11) is 0. The van der Waals surface area contributed by atoms with Gasteiger partial charge in [-0.3, -0.25) is 4.79 Å². The van der Waals surface area contributed by atoms with Crippen LogP contribution in [0.4, 0.5) is 0 Å². The Bertz CT molecular complexity index is 200. The van der Waals surface area contributed by atoms with Crippen molar-refractivity contribution in [1.29, 1.82) is 0 Å². The first-order valence-electron chi connectivity index (χ1n) is 4.07. The molecule has 5 heteroatoms. The minimum Gasteiger partial charge on any atom is -0.480 e. The van der Waals surface area contributed by atoms with Crippen molar-refractivity contribution in [3.8, 4) is 0 Å². The lowest BCUT2D eigenvalue weighted by molar-refractivity contribution is -0.145. The highest BCUT2D eigenvalue weighted by molar-refractivity contribution is 5.84. The Balaban J connectivity index is 4.27. The third-order valence-electron chi connectivity index (χ3n) is 1.57. The van der Waals surface area contributed by atoms with Crippen LogP contribution in [0.15, 0.2) is 0 Å². The Morgan fingerprint density at radius 3 is 1.92 bits per heavy atom. The first kappa shape index (κ1) is 11.9. The zero-order chi connectivity index (χ0) is 10.6. The molecular formula is C8H15NO4. The molecule has 5 nitrogen and oxygen atoms in total.